The molecule has 25 heavy (non-hydrogen) atoms. The van der Waals surface area contributed by atoms with Crippen LogP contribution in [0.5, 0.6) is 0 Å². The highest BCUT2D eigenvalue weighted by Gasteiger charge is 2.16. The van der Waals surface area contributed by atoms with Crippen molar-refractivity contribution in [2.75, 3.05) is 14.1 Å². The van der Waals surface area contributed by atoms with Crippen molar-refractivity contribution in [1.82, 2.24) is 34.3 Å². The van der Waals surface area contributed by atoms with Crippen molar-refractivity contribution in [3.05, 3.63) is 27.2 Å². The van der Waals surface area contributed by atoms with Gasteiger partial charge in [-0.2, -0.15) is 0 Å². The zero-order chi connectivity index (χ0) is 18.1. The molecule has 0 unspecified atom stereocenters. The van der Waals surface area contributed by atoms with Crippen LogP contribution in [0.15, 0.2) is 21.0 Å². The van der Waals surface area contributed by atoms with Crippen LogP contribution >= 0.6 is 0 Å². The number of hydrogen-bond acceptors (Lipinski definition) is 7. The van der Waals surface area contributed by atoms with Crippen molar-refractivity contribution in [2.24, 2.45) is 19.2 Å². The molecule has 0 spiro atoms. The molecular formula is C15H24N8O2. The molecule has 0 amide bonds. The summed E-state index contributed by atoms with van der Waals surface area (Å²) in [6.45, 7) is 0.409. The smallest absolute Gasteiger partial charge is 0.328 e. The Balaban J connectivity index is 1.62. The van der Waals surface area contributed by atoms with Crippen LogP contribution in [-0.4, -0.2) is 48.9 Å². The lowest BCUT2D eigenvalue weighted by molar-refractivity contribution is 0.0273. The van der Waals surface area contributed by atoms with Gasteiger partial charge in [0.15, 0.2) is 11.2 Å². The lowest BCUT2D eigenvalue weighted by Crippen LogP contribution is -2.39. The average molecular weight is 348 g/mol. The largest absolute Gasteiger partial charge is 0.332 e. The molecule has 0 saturated heterocycles. The molecule has 10 nitrogen and oxygen atoms in total. The Kier molecular flexibility index (Phi) is 4.62. The van der Waals surface area contributed by atoms with Crippen LogP contribution in [0.3, 0.4) is 0 Å². The van der Waals surface area contributed by atoms with Crippen molar-refractivity contribution in [1.29, 1.82) is 0 Å². The average Bonchev–Trinajstić information content (AvgIpc) is 3.11. The minimum absolute atomic E-state index is 0.275. The van der Waals surface area contributed by atoms with Gasteiger partial charge in [0.25, 0.3) is 5.56 Å². The van der Waals surface area contributed by atoms with Gasteiger partial charge in [-0.25, -0.2) is 14.9 Å². The van der Waals surface area contributed by atoms with Gasteiger partial charge in [0.05, 0.1) is 6.33 Å². The number of fused-ring (bicyclic) bond motifs is 1. The molecule has 3 rings (SSSR count). The Morgan fingerprint density at radius 2 is 1.84 bits per heavy atom. The predicted molar refractivity (Wildman–Crippen MR) is 94.8 cm³/mol. The molecular weight excluding hydrogens is 324 g/mol. The molecule has 10 heteroatoms. The zero-order valence-corrected chi connectivity index (χ0v) is 15.1. The number of nitrogens with zero attached hydrogens (tertiary/aromatic N) is 7. The highest BCUT2D eigenvalue weighted by atomic mass is 16.2. The topological polar surface area (TPSA) is 92.7 Å². The van der Waals surface area contributed by atoms with E-state index < -0.39 is 0 Å². The number of amidine groups is 1. The molecule has 3 heterocycles. The number of hydrazine groups is 2. The van der Waals surface area contributed by atoms with Crippen LogP contribution in [-0.2, 0) is 20.6 Å². The molecule has 0 aliphatic carbocycles. The van der Waals surface area contributed by atoms with Crippen LogP contribution in [0.2, 0.25) is 0 Å². The SMILES string of the molecule is CN1N=C(CCCCCn2c(=O)c3c(ncn3C)n(C)c2=O)NN1C. The van der Waals surface area contributed by atoms with Crippen molar-refractivity contribution in [3.8, 4) is 0 Å². The molecule has 2 aromatic rings. The Labute approximate surface area is 144 Å². The van der Waals surface area contributed by atoms with Crippen molar-refractivity contribution >= 4 is 17.0 Å². The third-order valence-corrected chi connectivity index (χ3v) is 4.49. The summed E-state index contributed by atoms with van der Waals surface area (Å²) in [4.78, 5) is 29.1. The Morgan fingerprint density at radius 3 is 2.52 bits per heavy atom. The van der Waals surface area contributed by atoms with E-state index in [1.54, 1.807) is 30.1 Å². The molecule has 0 atom stereocenters. The number of aryl methyl sites for hydroxylation is 2. The highest BCUT2D eigenvalue weighted by Crippen LogP contribution is 2.07. The molecule has 1 N–H and O–H groups in total. The van der Waals surface area contributed by atoms with Gasteiger partial charge in [-0.1, -0.05) is 6.42 Å². The monoisotopic (exact) mass is 348 g/mol. The first-order valence-electron chi connectivity index (χ1n) is 8.32. The standard InChI is InChI=1S/C15H24N8O2/c1-19-10-16-13-12(19)14(24)23(15(25)20(13)2)9-7-5-6-8-11-17-21(3)22(4)18-11/h10H,5-9H2,1-4H3,(H,17,18). The molecule has 0 fully saturated rings. The maximum atomic E-state index is 12.6. The second-order valence-corrected chi connectivity index (χ2v) is 6.31. The predicted octanol–water partition coefficient (Wildman–Crippen LogP) is -0.396. The molecule has 0 saturated carbocycles. The van der Waals surface area contributed by atoms with Gasteiger partial charge in [-0.15, -0.1) is 10.2 Å². The molecule has 0 bridgehead atoms. The Morgan fingerprint density at radius 1 is 1.08 bits per heavy atom. The summed E-state index contributed by atoms with van der Waals surface area (Å²) in [7, 11) is 7.17. The van der Waals surface area contributed by atoms with E-state index in [1.165, 1.54) is 9.13 Å². The summed E-state index contributed by atoms with van der Waals surface area (Å²) in [6, 6.07) is 0. The van der Waals surface area contributed by atoms with Crippen molar-refractivity contribution in [2.45, 2.75) is 32.2 Å². The van der Waals surface area contributed by atoms with Gasteiger partial charge >= 0.3 is 5.69 Å². The van der Waals surface area contributed by atoms with E-state index in [-0.39, 0.29) is 11.2 Å². The van der Waals surface area contributed by atoms with Gasteiger partial charge in [-0.05, 0) is 12.8 Å². The minimum Gasteiger partial charge on any atom is -0.328 e. The van der Waals surface area contributed by atoms with E-state index in [4.69, 9.17) is 0 Å². The highest BCUT2D eigenvalue weighted by molar-refractivity contribution is 5.82. The summed E-state index contributed by atoms with van der Waals surface area (Å²) in [5.74, 6) is 0.925. The fourth-order valence-corrected chi connectivity index (χ4v) is 2.96. The van der Waals surface area contributed by atoms with Gasteiger partial charge in [-0.3, -0.25) is 19.4 Å². The second kappa shape index (κ2) is 6.71. The summed E-state index contributed by atoms with van der Waals surface area (Å²) in [5, 5.41) is 7.89. The number of nitrogens with one attached hydrogen (secondary N) is 1. The molecule has 1 aliphatic rings. The molecule has 1 aliphatic heterocycles. The van der Waals surface area contributed by atoms with Crippen LogP contribution in [0, 0.1) is 0 Å². The van der Waals surface area contributed by atoms with E-state index >= 15 is 0 Å². The quantitative estimate of drug-likeness (QED) is 0.715. The number of hydrazone groups is 1. The normalized spacial score (nSPS) is 15.0. The lowest BCUT2D eigenvalue weighted by Gasteiger charge is -2.16. The first-order chi connectivity index (χ1) is 11.9. The fourth-order valence-electron chi connectivity index (χ4n) is 2.96. The molecule has 0 aromatic carbocycles. The molecule has 136 valence electrons. The maximum Gasteiger partial charge on any atom is 0.332 e. The number of aromatic nitrogens is 4. The summed E-state index contributed by atoms with van der Waals surface area (Å²) < 4.78 is 4.39. The van der Waals surface area contributed by atoms with Crippen LogP contribution in [0.1, 0.15) is 25.7 Å². The van der Waals surface area contributed by atoms with E-state index in [0.717, 1.165) is 31.5 Å². The van der Waals surface area contributed by atoms with E-state index in [9.17, 15) is 9.59 Å². The minimum atomic E-state index is -0.318. The number of imidazole rings is 1. The Hall–Kier alpha value is -2.62. The van der Waals surface area contributed by atoms with Crippen LogP contribution in [0.25, 0.3) is 11.2 Å². The second-order valence-electron chi connectivity index (χ2n) is 6.31. The maximum absolute atomic E-state index is 12.6. The van der Waals surface area contributed by atoms with E-state index in [1.807, 2.05) is 19.2 Å². The van der Waals surface area contributed by atoms with E-state index in [0.29, 0.717) is 17.7 Å². The number of unbranched alkanes of at least 4 members (excludes halogenated alkanes) is 2. The Bertz CT molecular complexity index is 922. The zero-order valence-electron chi connectivity index (χ0n) is 15.1. The van der Waals surface area contributed by atoms with Crippen molar-refractivity contribution < 1.29 is 0 Å². The first kappa shape index (κ1) is 17.2. The third kappa shape index (κ3) is 3.16. The summed E-state index contributed by atoms with van der Waals surface area (Å²) >= 11 is 0. The summed E-state index contributed by atoms with van der Waals surface area (Å²) in [6.07, 6.45) is 5.00. The van der Waals surface area contributed by atoms with Gasteiger partial charge in [0, 0.05) is 41.2 Å². The third-order valence-electron chi connectivity index (χ3n) is 4.49. The molecule has 2 aromatic heterocycles. The lowest BCUT2D eigenvalue weighted by atomic mass is 10.2. The number of rotatable bonds is 6. The van der Waals surface area contributed by atoms with Crippen molar-refractivity contribution in [3.63, 3.8) is 0 Å². The van der Waals surface area contributed by atoms with Gasteiger partial charge in [0.2, 0.25) is 0 Å². The summed E-state index contributed by atoms with van der Waals surface area (Å²) in [5.41, 5.74) is 3.44. The first-order valence-corrected chi connectivity index (χ1v) is 8.32. The fraction of sp³-hybridized carbons (Fsp3) is 0.600. The van der Waals surface area contributed by atoms with Crippen LogP contribution < -0.4 is 16.7 Å². The van der Waals surface area contributed by atoms with E-state index in [2.05, 4.69) is 15.5 Å². The van der Waals surface area contributed by atoms with Crippen LogP contribution in [0.4, 0.5) is 0 Å². The number of hydrogen-bond donors (Lipinski definition) is 1. The van der Waals surface area contributed by atoms with Gasteiger partial charge < -0.3 is 4.57 Å². The van der Waals surface area contributed by atoms with Gasteiger partial charge in [0.1, 0.15) is 5.84 Å². The molecule has 0 radical (unpaired) electrons.